The molecule has 2 aromatic carbocycles. The Morgan fingerprint density at radius 2 is 1.71 bits per heavy atom. The highest BCUT2D eigenvalue weighted by molar-refractivity contribution is 5.93. The fourth-order valence-corrected chi connectivity index (χ4v) is 3.61. The van der Waals surface area contributed by atoms with Gasteiger partial charge in [0, 0.05) is 12.1 Å². The van der Waals surface area contributed by atoms with Crippen LogP contribution in [0.2, 0.25) is 0 Å². The highest BCUT2D eigenvalue weighted by atomic mass is 19.1. The number of hydrogen-bond acceptors (Lipinski definition) is 6. The number of carbonyl (C=O) groups is 2. The average Bonchev–Trinajstić information content (AvgIpc) is 2.79. The van der Waals surface area contributed by atoms with Gasteiger partial charge in [0.1, 0.15) is 17.9 Å². The highest BCUT2D eigenvalue weighted by Gasteiger charge is 2.29. The molecule has 2 aromatic rings. The van der Waals surface area contributed by atoms with Crippen molar-refractivity contribution in [2.24, 2.45) is 5.92 Å². The Morgan fingerprint density at radius 3 is 2.35 bits per heavy atom. The second kappa shape index (κ2) is 10.8. The quantitative estimate of drug-likeness (QED) is 0.566. The molecule has 1 aliphatic rings. The number of carbonyl (C=O) groups excluding carboxylic acids is 2. The maximum absolute atomic E-state index is 14.6. The number of halogens is 1. The number of ether oxygens (including phenoxy) is 4. The predicted octanol–water partition coefficient (Wildman–Crippen LogP) is 4.69. The topological polar surface area (TPSA) is 71.1 Å². The molecule has 0 spiro atoms. The first-order chi connectivity index (χ1) is 15.0. The van der Waals surface area contributed by atoms with Crippen molar-refractivity contribution in [3.63, 3.8) is 0 Å². The van der Waals surface area contributed by atoms with E-state index in [4.69, 9.17) is 18.9 Å². The van der Waals surface area contributed by atoms with Crippen molar-refractivity contribution in [2.75, 3.05) is 13.7 Å². The normalized spacial score (nSPS) is 18.2. The van der Waals surface area contributed by atoms with E-state index in [2.05, 4.69) is 0 Å². The standard InChI is InChI=1S/C24H27FO6/c1-3-29-23(26)17-9-11-18(12-10-17)31-22-13-19(21(28-2)14-20(22)25)24(27)30-15-16-7-5-4-6-8-16/h4-8,13-14,17-18H,3,9-12,15H2,1-2H3/t17-,18+. The summed E-state index contributed by atoms with van der Waals surface area (Å²) in [6, 6.07) is 11.7. The molecule has 166 valence electrons. The Morgan fingerprint density at radius 1 is 1.00 bits per heavy atom. The summed E-state index contributed by atoms with van der Waals surface area (Å²) in [4.78, 5) is 24.5. The van der Waals surface area contributed by atoms with E-state index in [0.29, 0.717) is 32.3 Å². The molecule has 0 aromatic heterocycles. The van der Waals surface area contributed by atoms with E-state index < -0.39 is 11.8 Å². The first-order valence-electron chi connectivity index (χ1n) is 10.4. The van der Waals surface area contributed by atoms with Gasteiger partial charge in [-0.3, -0.25) is 4.79 Å². The van der Waals surface area contributed by atoms with Crippen LogP contribution in [0.1, 0.15) is 48.5 Å². The molecule has 0 unspecified atom stereocenters. The summed E-state index contributed by atoms with van der Waals surface area (Å²) in [6.45, 7) is 2.23. The average molecular weight is 430 g/mol. The molecule has 1 aliphatic carbocycles. The maximum Gasteiger partial charge on any atom is 0.342 e. The molecule has 6 nitrogen and oxygen atoms in total. The summed E-state index contributed by atoms with van der Waals surface area (Å²) in [5, 5.41) is 0. The zero-order valence-electron chi connectivity index (χ0n) is 17.8. The summed E-state index contributed by atoms with van der Waals surface area (Å²) in [5.41, 5.74) is 0.932. The molecule has 1 saturated carbocycles. The fraction of sp³-hybridized carbons (Fsp3) is 0.417. The van der Waals surface area contributed by atoms with E-state index in [1.165, 1.54) is 13.2 Å². The molecule has 0 aliphatic heterocycles. The van der Waals surface area contributed by atoms with Gasteiger partial charge in [-0.05, 0) is 38.2 Å². The Kier molecular flexibility index (Phi) is 7.87. The predicted molar refractivity (Wildman–Crippen MR) is 112 cm³/mol. The Bertz CT molecular complexity index is 890. The minimum Gasteiger partial charge on any atom is -0.496 e. The van der Waals surface area contributed by atoms with Crippen LogP contribution >= 0.6 is 0 Å². The number of benzene rings is 2. The summed E-state index contributed by atoms with van der Waals surface area (Å²) >= 11 is 0. The smallest absolute Gasteiger partial charge is 0.342 e. The van der Waals surface area contributed by atoms with Gasteiger partial charge in [-0.15, -0.1) is 0 Å². The summed E-state index contributed by atoms with van der Waals surface area (Å²) in [5.74, 6) is -1.55. The maximum atomic E-state index is 14.6. The zero-order valence-corrected chi connectivity index (χ0v) is 17.8. The van der Waals surface area contributed by atoms with Gasteiger partial charge in [0.05, 0.1) is 25.7 Å². The second-order valence-corrected chi connectivity index (χ2v) is 7.39. The lowest BCUT2D eigenvalue weighted by Gasteiger charge is -2.28. The molecular formula is C24H27FO6. The number of hydrogen-bond donors (Lipinski definition) is 0. The van der Waals surface area contributed by atoms with Crippen molar-refractivity contribution in [3.8, 4) is 11.5 Å². The van der Waals surface area contributed by atoms with Gasteiger partial charge in [-0.25, -0.2) is 9.18 Å². The molecular weight excluding hydrogens is 403 g/mol. The summed E-state index contributed by atoms with van der Waals surface area (Å²) in [7, 11) is 1.36. The van der Waals surface area contributed by atoms with Crippen molar-refractivity contribution >= 4 is 11.9 Å². The molecule has 3 rings (SSSR count). The third kappa shape index (κ3) is 5.96. The lowest BCUT2D eigenvalue weighted by atomic mass is 9.87. The van der Waals surface area contributed by atoms with E-state index >= 15 is 0 Å². The Balaban J connectivity index is 1.66. The van der Waals surface area contributed by atoms with Crippen LogP contribution in [0.5, 0.6) is 11.5 Å². The van der Waals surface area contributed by atoms with Crippen molar-refractivity contribution in [1.29, 1.82) is 0 Å². The first-order valence-corrected chi connectivity index (χ1v) is 10.4. The molecule has 0 radical (unpaired) electrons. The monoisotopic (exact) mass is 430 g/mol. The number of methoxy groups -OCH3 is 1. The second-order valence-electron chi connectivity index (χ2n) is 7.39. The molecule has 0 amide bonds. The van der Waals surface area contributed by atoms with Crippen LogP contribution in [0, 0.1) is 11.7 Å². The molecule has 0 atom stereocenters. The molecule has 7 heteroatoms. The van der Waals surface area contributed by atoms with Gasteiger partial charge in [-0.1, -0.05) is 30.3 Å². The lowest BCUT2D eigenvalue weighted by Crippen LogP contribution is -2.29. The minimum absolute atomic E-state index is 0.0351. The van der Waals surface area contributed by atoms with Gasteiger partial charge in [0.15, 0.2) is 11.6 Å². The van der Waals surface area contributed by atoms with E-state index in [9.17, 15) is 14.0 Å². The van der Waals surface area contributed by atoms with Crippen LogP contribution in [-0.2, 0) is 20.9 Å². The van der Waals surface area contributed by atoms with Crippen molar-refractivity contribution in [3.05, 3.63) is 59.4 Å². The summed E-state index contributed by atoms with van der Waals surface area (Å²) in [6.07, 6.45) is 2.19. The molecule has 1 fully saturated rings. The van der Waals surface area contributed by atoms with Crippen LogP contribution < -0.4 is 9.47 Å². The minimum atomic E-state index is -0.628. The zero-order chi connectivity index (χ0) is 22.2. The van der Waals surface area contributed by atoms with Crippen LogP contribution in [0.3, 0.4) is 0 Å². The molecule has 0 N–H and O–H groups in total. The molecule has 0 saturated heterocycles. The number of esters is 2. The molecule has 0 bridgehead atoms. The third-order valence-electron chi connectivity index (χ3n) is 5.27. The van der Waals surface area contributed by atoms with Gasteiger partial charge < -0.3 is 18.9 Å². The van der Waals surface area contributed by atoms with Crippen LogP contribution in [-0.4, -0.2) is 31.8 Å². The molecule has 31 heavy (non-hydrogen) atoms. The highest BCUT2D eigenvalue weighted by Crippen LogP contribution is 2.33. The Hall–Kier alpha value is -3.09. The van der Waals surface area contributed by atoms with Crippen molar-refractivity contribution in [2.45, 2.75) is 45.3 Å². The number of rotatable bonds is 8. The van der Waals surface area contributed by atoms with Gasteiger partial charge >= 0.3 is 11.9 Å². The van der Waals surface area contributed by atoms with Crippen LogP contribution in [0.15, 0.2) is 42.5 Å². The van der Waals surface area contributed by atoms with Gasteiger partial charge in [0.2, 0.25) is 0 Å². The van der Waals surface area contributed by atoms with E-state index in [1.54, 1.807) is 6.92 Å². The fourth-order valence-electron chi connectivity index (χ4n) is 3.61. The molecule has 0 heterocycles. The van der Waals surface area contributed by atoms with E-state index in [1.807, 2.05) is 30.3 Å². The Labute approximate surface area is 181 Å². The SMILES string of the molecule is CCOC(=O)[C@H]1CC[C@@H](Oc2cc(C(=O)OCc3ccccc3)c(OC)cc2F)CC1. The third-order valence-corrected chi connectivity index (χ3v) is 5.27. The lowest BCUT2D eigenvalue weighted by molar-refractivity contribution is -0.149. The first kappa shape index (κ1) is 22.6. The van der Waals surface area contributed by atoms with Crippen LogP contribution in [0.4, 0.5) is 4.39 Å². The summed E-state index contributed by atoms with van der Waals surface area (Å²) < 4.78 is 36.0. The van der Waals surface area contributed by atoms with E-state index in [0.717, 1.165) is 11.6 Å². The van der Waals surface area contributed by atoms with Crippen LogP contribution in [0.25, 0.3) is 0 Å². The largest absolute Gasteiger partial charge is 0.496 e. The van der Waals surface area contributed by atoms with Gasteiger partial charge in [0.25, 0.3) is 0 Å². The van der Waals surface area contributed by atoms with Crippen molar-refractivity contribution in [1.82, 2.24) is 0 Å². The van der Waals surface area contributed by atoms with E-state index in [-0.39, 0.29) is 41.7 Å². The van der Waals surface area contributed by atoms with Gasteiger partial charge in [-0.2, -0.15) is 0 Å². The van der Waals surface area contributed by atoms with Crippen molar-refractivity contribution < 1.29 is 32.9 Å².